The Hall–Kier alpha value is -0.0400. The first-order valence-corrected chi connectivity index (χ1v) is 5.54. The summed E-state index contributed by atoms with van der Waals surface area (Å²) in [5.74, 6) is 0. The van der Waals surface area contributed by atoms with Gasteiger partial charge in [0.1, 0.15) is 0 Å². The van der Waals surface area contributed by atoms with Gasteiger partial charge in [0.25, 0.3) is 0 Å². The van der Waals surface area contributed by atoms with E-state index in [2.05, 4.69) is 26.1 Å². The Morgan fingerprint density at radius 1 is 1.00 bits per heavy atom. The summed E-state index contributed by atoms with van der Waals surface area (Å²) in [7, 11) is 0. The average Bonchev–Trinajstić information content (AvgIpc) is 2.06. The summed E-state index contributed by atoms with van der Waals surface area (Å²) in [5.41, 5.74) is 0. The van der Waals surface area contributed by atoms with E-state index in [0.29, 0.717) is 0 Å². The van der Waals surface area contributed by atoms with Crippen molar-refractivity contribution < 1.29 is 0 Å². The third-order valence-corrected chi connectivity index (χ3v) is 2.26. The molecule has 0 heterocycles. The number of nitrogens with one attached hydrogen (secondary N) is 1. The summed E-state index contributed by atoms with van der Waals surface area (Å²) < 4.78 is 0. The molecule has 0 saturated heterocycles. The van der Waals surface area contributed by atoms with E-state index in [9.17, 15) is 0 Å². The van der Waals surface area contributed by atoms with E-state index in [1.165, 1.54) is 45.1 Å². The lowest BCUT2D eigenvalue weighted by molar-refractivity contribution is 0.481. The molecule has 0 spiro atoms. The van der Waals surface area contributed by atoms with E-state index in [0.717, 1.165) is 6.04 Å². The standard InChI is InChI=1S/C11H25N/c1-4-6-8-9-11(3)12-10-7-5-2/h11-12H,4-10H2,1-3H3/t11-/m0/s1. The van der Waals surface area contributed by atoms with Gasteiger partial charge in [-0.3, -0.25) is 0 Å². The smallest absolute Gasteiger partial charge is 0.00387 e. The van der Waals surface area contributed by atoms with Crippen molar-refractivity contribution in [3.63, 3.8) is 0 Å². The Morgan fingerprint density at radius 2 is 1.67 bits per heavy atom. The monoisotopic (exact) mass is 171 g/mol. The van der Waals surface area contributed by atoms with Crippen molar-refractivity contribution in [2.45, 2.75) is 65.3 Å². The molecule has 0 bridgehead atoms. The highest BCUT2D eigenvalue weighted by molar-refractivity contribution is 4.59. The van der Waals surface area contributed by atoms with E-state index in [1.807, 2.05) is 0 Å². The molecule has 0 aliphatic heterocycles. The first kappa shape index (κ1) is 12.0. The van der Waals surface area contributed by atoms with Gasteiger partial charge in [-0.15, -0.1) is 0 Å². The minimum absolute atomic E-state index is 0.725. The molecule has 0 unspecified atom stereocenters. The zero-order valence-corrected chi connectivity index (χ0v) is 9.03. The van der Waals surface area contributed by atoms with Crippen molar-refractivity contribution >= 4 is 0 Å². The zero-order valence-electron chi connectivity index (χ0n) is 9.03. The second-order valence-electron chi connectivity index (χ2n) is 3.70. The lowest BCUT2D eigenvalue weighted by Gasteiger charge is -2.12. The van der Waals surface area contributed by atoms with Gasteiger partial charge < -0.3 is 5.32 Å². The van der Waals surface area contributed by atoms with E-state index in [1.54, 1.807) is 0 Å². The van der Waals surface area contributed by atoms with Gasteiger partial charge in [-0.1, -0.05) is 39.5 Å². The molecule has 1 N–H and O–H groups in total. The second-order valence-corrected chi connectivity index (χ2v) is 3.70. The highest BCUT2D eigenvalue weighted by Crippen LogP contribution is 2.02. The lowest BCUT2D eigenvalue weighted by Crippen LogP contribution is -2.26. The van der Waals surface area contributed by atoms with Crippen LogP contribution < -0.4 is 5.32 Å². The van der Waals surface area contributed by atoms with Crippen LogP contribution in [0.1, 0.15) is 59.3 Å². The molecule has 1 nitrogen and oxygen atoms in total. The molecule has 0 amide bonds. The number of hydrogen-bond donors (Lipinski definition) is 1. The lowest BCUT2D eigenvalue weighted by atomic mass is 10.1. The van der Waals surface area contributed by atoms with Gasteiger partial charge in [0.15, 0.2) is 0 Å². The number of unbranched alkanes of at least 4 members (excludes halogenated alkanes) is 3. The van der Waals surface area contributed by atoms with Crippen molar-refractivity contribution in [3.05, 3.63) is 0 Å². The van der Waals surface area contributed by atoms with E-state index >= 15 is 0 Å². The van der Waals surface area contributed by atoms with Gasteiger partial charge in [-0.2, -0.15) is 0 Å². The quantitative estimate of drug-likeness (QED) is 0.552. The first-order valence-electron chi connectivity index (χ1n) is 5.54. The normalized spacial score (nSPS) is 13.2. The Labute approximate surface area is 77.9 Å². The predicted octanol–water partition coefficient (Wildman–Crippen LogP) is 3.34. The fourth-order valence-electron chi connectivity index (χ4n) is 1.33. The molecule has 0 aromatic heterocycles. The van der Waals surface area contributed by atoms with Crippen LogP contribution in [-0.2, 0) is 0 Å². The van der Waals surface area contributed by atoms with Gasteiger partial charge in [-0.05, 0) is 26.3 Å². The minimum atomic E-state index is 0.725. The summed E-state index contributed by atoms with van der Waals surface area (Å²) in [4.78, 5) is 0. The summed E-state index contributed by atoms with van der Waals surface area (Å²) in [6.45, 7) is 7.99. The maximum Gasteiger partial charge on any atom is 0.00387 e. The highest BCUT2D eigenvalue weighted by Gasteiger charge is 1.98. The van der Waals surface area contributed by atoms with Crippen LogP contribution in [-0.4, -0.2) is 12.6 Å². The van der Waals surface area contributed by atoms with Crippen LogP contribution in [0.2, 0.25) is 0 Å². The zero-order chi connectivity index (χ0) is 9.23. The fraction of sp³-hybridized carbons (Fsp3) is 1.00. The molecular weight excluding hydrogens is 146 g/mol. The molecule has 0 saturated carbocycles. The Balaban J connectivity index is 3.04. The summed E-state index contributed by atoms with van der Waals surface area (Å²) in [5, 5.41) is 3.54. The molecule has 0 radical (unpaired) electrons. The maximum absolute atomic E-state index is 3.54. The molecule has 1 heteroatoms. The van der Waals surface area contributed by atoms with E-state index in [-0.39, 0.29) is 0 Å². The Morgan fingerprint density at radius 3 is 2.25 bits per heavy atom. The van der Waals surface area contributed by atoms with Crippen molar-refractivity contribution in [1.82, 2.24) is 5.32 Å². The largest absolute Gasteiger partial charge is 0.314 e. The highest BCUT2D eigenvalue weighted by atomic mass is 14.9. The van der Waals surface area contributed by atoms with Gasteiger partial charge >= 0.3 is 0 Å². The predicted molar refractivity (Wildman–Crippen MR) is 56.5 cm³/mol. The van der Waals surface area contributed by atoms with Gasteiger partial charge in [0.2, 0.25) is 0 Å². The molecular formula is C11H25N. The molecule has 12 heavy (non-hydrogen) atoms. The van der Waals surface area contributed by atoms with Crippen LogP contribution >= 0.6 is 0 Å². The van der Waals surface area contributed by atoms with E-state index < -0.39 is 0 Å². The van der Waals surface area contributed by atoms with Crippen LogP contribution in [0.5, 0.6) is 0 Å². The van der Waals surface area contributed by atoms with Gasteiger partial charge in [0, 0.05) is 6.04 Å². The minimum Gasteiger partial charge on any atom is -0.314 e. The molecule has 0 fully saturated rings. The van der Waals surface area contributed by atoms with Crippen molar-refractivity contribution in [1.29, 1.82) is 0 Å². The van der Waals surface area contributed by atoms with Crippen LogP contribution in [0.3, 0.4) is 0 Å². The SMILES string of the molecule is CCCCC[C@H](C)NCCCC. The van der Waals surface area contributed by atoms with Gasteiger partial charge in [0.05, 0.1) is 0 Å². The molecule has 0 rings (SSSR count). The first-order chi connectivity index (χ1) is 5.81. The summed E-state index contributed by atoms with van der Waals surface area (Å²) >= 11 is 0. The third-order valence-electron chi connectivity index (χ3n) is 2.26. The van der Waals surface area contributed by atoms with E-state index in [4.69, 9.17) is 0 Å². The Kier molecular flexibility index (Phi) is 9.02. The van der Waals surface area contributed by atoms with Crippen molar-refractivity contribution in [3.8, 4) is 0 Å². The van der Waals surface area contributed by atoms with Crippen LogP contribution in [0, 0.1) is 0 Å². The Bertz CT molecular complexity index is 71.1. The number of rotatable bonds is 8. The van der Waals surface area contributed by atoms with Crippen LogP contribution in [0.4, 0.5) is 0 Å². The fourth-order valence-corrected chi connectivity index (χ4v) is 1.33. The third kappa shape index (κ3) is 8.06. The molecule has 0 aliphatic carbocycles. The molecule has 0 aromatic rings. The van der Waals surface area contributed by atoms with Crippen molar-refractivity contribution in [2.75, 3.05) is 6.54 Å². The van der Waals surface area contributed by atoms with Gasteiger partial charge in [-0.25, -0.2) is 0 Å². The van der Waals surface area contributed by atoms with Crippen LogP contribution in [0.25, 0.3) is 0 Å². The topological polar surface area (TPSA) is 12.0 Å². The summed E-state index contributed by atoms with van der Waals surface area (Å²) in [6, 6.07) is 0.725. The van der Waals surface area contributed by atoms with Crippen LogP contribution in [0.15, 0.2) is 0 Å². The molecule has 1 atom stereocenters. The molecule has 0 aliphatic rings. The molecule has 74 valence electrons. The molecule has 0 aromatic carbocycles. The second kappa shape index (κ2) is 9.05. The van der Waals surface area contributed by atoms with Crippen molar-refractivity contribution in [2.24, 2.45) is 0 Å². The maximum atomic E-state index is 3.54. The number of hydrogen-bond acceptors (Lipinski definition) is 1. The average molecular weight is 171 g/mol. The summed E-state index contributed by atoms with van der Waals surface area (Å²) in [6.07, 6.45) is 8.07.